The molecule has 2 atom stereocenters. The average molecular weight is 460 g/mol. The van der Waals surface area contributed by atoms with Crippen LogP contribution >= 0.6 is 53.4 Å². The monoisotopic (exact) mass is 458 g/mol. The number of hydrogen-bond acceptors (Lipinski definition) is 2. The van der Waals surface area contributed by atoms with E-state index >= 15 is 0 Å². The minimum absolute atomic E-state index is 0.544. The molecule has 0 aliphatic heterocycles. The Morgan fingerprint density at radius 2 is 1.00 bits per heavy atom. The van der Waals surface area contributed by atoms with Crippen LogP contribution < -0.4 is 0 Å². The average Bonchev–Trinajstić information content (AvgIpc) is 2.54. The van der Waals surface area contributed by atoms with E-state index in [9.17, 15) is 0 Å². The standard InChI is InChI=1S/C18H20Br2S2/c1-3-17(13-5-9-15(19)10-6-13)21-22-18(4-2)14-7-11-16(20)12-8-14/h5-12,17-18H,3-4H2,1-2H3/t17-,18-/m0/s1. The summed E-state index contributed by atoms with van der Waals surface area (Å²) in [5, 5.41) is 1.09. The fourth-order valence-electron chi connectivity index (χ4n) is 2.21. The fourth-order valence-corrected chi connectivity index (χ4v) is 6.10. The van der Waals surface area contributed by atoms with E-state index in [1.54, 1.807) is 0 Å². The molecule has 0 heterocycles. The molecule has 0 amide bonds. The normalized spacial score (nSPS) is 13.8. The highest BCUT2D eigenvalue weighted by Crippen LogP contribution is 2.48. The van der Waals surface area contributed by atoms with Crippen LogP contribution in [0.15, 0.2) is 57.5 Å². The van der Waals surface area contributed by atoms with Crippen LogP contribution in [-0.4, -0.2) is 0 Å². The first-order valence-electron chi connectivity index (χ1n) is 7.47. The van der Waals surface area contributed by atoms with Gasteiger partial charge in [-0.25, -0.2) is 0 Å². The van der Waals surface area contributed by atoms with Crippen molar-refractivity contribution in [3.05, 3.63) is 68.6 Å². The van der Waals surface area contributed by atoms with Gasteiger partial charge in [-0.3, -0.25) is 0 Å². The summed E-state index contributed by atoms with van der Waals surface area (Å²) in [5.74, 6) is 0. The molecule has 2 rings (SSSR count). The van der Waals surface area contributed by atoms with Gasteiger partial charge in [0, 0.05) is 19.4 Å². The lowest BCUT2D eigenvalue weighted by Crippen LogP contribution is -1.94. The summed E-state index contributed by atoms with van der Waals surface area (Å²) in [4.78, 5) is 0. The van der Waals surface area contributed by atoms with Gasteiger partial charge >= 0.3 is 0 Å². The predicted molar refractivity (Wildman–Crippen MR) is 110 cm³/mol. The summed E-state index contributed by atoms with van der Waals surface area (Å²) in [5.41, 5.74) is 2.82. The highest BCUT2D eigenvalue weighted by molar-refractivity contribution is 9.10. The highest BCUT2D eigenvalue weighted by Gasteiger charge is 2.16. The van der Waals surface area contributed by atoms with Crippen LogP contribution in [0.3, 0.4) is 0 Å². The van der Waals surface area contributed by atoms with Gasteiger partial charge in [0.05, 0.1) is 0 Å². The van der Waals surface area contributed by atoms with Crippen LogP contribution in [0.2, 0.25) is 0 Å². The smallest absolute Gasteiger partial charge is 0.0398 e. The largest absolute Gasteiger partial charge is 0.0853 e. The first kappa shape index (κ1) is 18.4. The van der Waals surface area contributed by atoms with Gasteiger partial charge < -0.3 is 0 Å². The molecule has 0 aromatic heterocycles. The lowest BCUT2D eigenvalue weighted by atomic mass is 10.1. The van der Waals surface area contributed by atoms with Crippen LogP contribution in [-0.2, 0) is 0 Å². The zero-order valence-corrected chi connectivity index (χ0v) is 17.6. The zero-order valence-electron chi connectivity index (χ0n) is 12.8. The molecule has 0 nitrogen and oxygen atoms in total. The Morgan fingerprint density at radius 3 is 1.27 bits per heavy atom. The molecule has 0 unspecified atom stereocenters. The second-order valence-electron chi connectivity index (χ2n) is 5.09. The third kappa shape index (κ3) is 5.33. The molecule has 0 fully saturated rings. The van der Waals surface area contributed by atoms with Gasteiger partial charge in [-0.1, -0.05) is 91.6 Å². The molecule has 0 aliphatic carbocycles. The molecule has 0 spiro atoms. The van der Waals surface area contributed by atoms with E-state index in [2.05, 4.69) is 94.2 Å². The minimum Gasteiger partial charge on any atom is -0.0853 e. The van der Waals surface area contributed by atoms with Crippen molar-refractivity contribution >= 4 is 53.4 Å². The number of hydrogen-bond donors (Lipinski definition) is 0. The van der Waals surface area contributed by atoms with E-state index in [-0.39, 0.29) is 0 Å². The van der Waals surface area contributed by atoms with Crippen LogP contribution in [0.25, 0.3) is 0 Å². The molecule has 2 aromatic rings. The van der Waals surface area contributed by atoms with Crippen molar-refractivity contribution in [3.8, 4) is 0 Å². The van der Waals surface area contributed by atoms with Gasteiger partial charge in [0.25, 0.3) is 0 Å². The highest BCUT2D eigenvalue weighted by atomic mass is 79.9. The van der Waals surface area contributed by atoms with Crippen LogP contribution in [0.5, 0.6) is 0 Å². The van der Waals surface area contributed by atoms with Crippen molar-refractivity contribution in [1.82, 2.24) is 0 Å². The van der Waals surface area contributed by atoms with E-state index < -0.39 is 0 Å². The molecule has 22 heavy (non-hydrogen) atoms. The van der Waals surface area contributed by atoms with Gasteiger partial charge in [-0.15, -0.1) is 0 Å². The lowest BCUT2D eigenvalue weighted by Gasteiger charge is -2.19. The van der Waals surface area contributed by atoms with Crippen molar-refractivity contribution in [2.45, 2.75) is 37.2 Å². The number of halogens is 2. The van der Waals surface area contributed by atoms with E-state index in [1.165, 1.54) is 11.1 Å². The Morgan fingerprint density at radius 1 is 0.682 bits per heavy atom. The van der Waals surface area contributed by atoms with Gasteiger partial charge in [0.2, 0.25) is 0 Å². The maximum absolute atomic E-state index is 3.51. The maximum atomic E-state index is 3.51. The molecular weight excluding hydrogens is 440 g/mol. The molecule has 0 saturated heterocycles. The second-order valence-corrected chi connectivity index (χ2v) is 9.60. The van der Waals surface area contributed by atoms with E-state index in [0.717, 1.165) is 21.8 Å². The second kappa shape index (κ2) is 9.41. The SMILES string of the molecule is CC[C@H](SS[C@@H](CC)c1ccc(Br)cc1)c1ccc(Br)cc1. The van der Waals surface area contributed by atoms with Crippen molar-refractivity contribution in [1.29, 1.82) is 0 Å². The van der Waals surface area contributed by atoms with Crippen molar-refractivity contribution in [2.24, 2.45) is 0 Å². The molecular formula is C18H20Br2S2. The summed E-state index contributed by atoms with van der Waals surface area (Å²) in [7, 11) is 4.00. The Balaban J connectivity index is 2.01. The summed E-state index contributed by atoms with van der Waals surface area (Å²) in [6.07, 6.45) is 2.30. The molecule has 2 aromatic carbocycles. The zero-order chi connectivity index (χ0) is 15.9. The van der Waals surface area contributed by atoms with Crippen LogP contribution in [0.4, 0.5) is 0 Å². The van der Waals surface area contributed by atoms with Crippen molar-refractivity contribution in [3.63, 3.8) is 0 Å². The van der Waals surface area contributed by atoms with Gasteiger partial charge in [0.15, 0.2) is 0 Å². The third-order valence-electron chi connectivity index (χ3n) is 3.51. The van der Waals surface area contributed by atoms with Gasteiger partial charge in [-0.2, -0.15) is 0 Å². The third-order valence-corrected chi connectivity index (χ3v) is 8.08. The Labute approximate surface area is 158 Å². The lowest BCUT2D eigenvalue weighted by molar-refractivity contribution is 0.893. The molecule has 0 aliphatic rings. The minimum atomic E-state index is 0.544. The molecule has 0 radical (unpaired) electrons. The topological polar surface area (TPSA) is 0 Å². The Kier molecular flexibility index (Phi) is 7.89. The van der Waals surface area contributed by atoms with E-state index in [4.69, 9.17) is 0 Å². The molecule has 0 bridgehead atoms. The quantitative estimate of drug-likeness (QED) is 0.382. The first-order chi connectivity index (χ1) is 10.6. The van der Waals surface area contributed by atoms with Crippen LogP contribution in [0.1, 0.15) is 48.3 Å². The summed E-state index contributed by atoms with van der Waals surface area (Å²) in [6.45, 7) is 4.53. The van der Waals surface area contributed by atoms with Crippen molar-refractivity contribution < 1.29 is 0 Å². The molecule has 118 valence electrons. The molecule has 0 N–H and O–H groups in total. The number of benzene rings is 2. The Bertz CT molecular complexity index is 513. The predicted octanol–water partition coefficient (Wildman–Crippen LogP) is 8.20. The Hall–Kier alpha value is 0.1000. The van der Waals surface area contributed by atoms with E-state index in [1.807, 2.05) is 21.6 Å². The fraction of sp³-hybridized carbons (Fsp3) is 0.333. The van der Waals surface area contributed by atoms with Gasteiger partial charge in [-0.05, 0) is 48.2 Å². The van der Waals surface area contributed by atoms with Crippen LogP contribution in [0, 0.1) is 0 Å². The van der Waals surface area contributed by atoms with E-state index in [0.29, 0.717) is 10.5 Å². The molecule has 4 heteroatoms. The van der Waals surface area contributed by atoms with Crippen molar-refractivity contribution in [2.75, 3.05) is 0 Å². The maximum Gasteiger partial charge on any atom is 0.0398 e. The first-order valence-corrected chi connectivity index (χ1v) is 11.3. The summed E-state index contributed by atoms with van der Waals surface area (Å²) in [6, 6.07) is 17.5. The summed E-state index contributed by atoms with van der Waals surface area (Å²) < 4.78 is 2.29. The molecule has 0 saturated carbocycles. The summed E-state index contributed by atoms with van der Waals surface area (Å²) >= 11 is 7.02. The van der Waals surface area contributed by atoms with Gasteiger partial charge in [0.1, 0.15) is 0 Å². The number of rotatable bonds is 7.